The van der Waals surface area contributed by atoms with Crippen LogP contribution in [0.3, 0.4) is 0 Å². The second kappa shape index (κ2) is 9.11. The topological polar surface area (TPSA) is 40.6 Å². The molecule has 1 heterocycles. The fraction of sp³-hybridized carbons (Fsp3) is 0.348. The standard InChI is InChI=1S/C23H26N2O2S/c1-3-11-19(26)24-21(17-13-7-5-8-14-17)22(18-15-9-6-10-16-18)25(23(24)28)20(27)12-4-2/h5-10,13-16,21-22H,3-4,11-12H2,1-2H3. The van der Waals surface area contributed by atoms with Crippen molar-refractivity contribution in [2.45, 2.75) is 51.6 Å². The van der Waals surface area contributed by atoms with E-state index in [2.05, 4.69) is 0 Å². The van der Waals surface area contributed by atoms with Crippen molar-refractivity contribution in [1.82, 2.24) is 9.80 Å². The minimum Gasteiger partial charge on any atom is -0.279 e. The van der Waals surface area contributed by atoms with Gasteiger partial charge in [0.2, 0.25) is 11.8 Å². The molecule has 2 amide bonds. The van der Waals surface area contributed by atoms with E-state index in [0.717, 1.165) is 24.0 Å². The first-order valence-corrected chi connectivity index (χ1v) is 10.3. The maximum Gasteiger partial charge on any atom is 0.229 e. The summed E-state index contributed by atoms with van der Waals surface area (Å²) >= 11 is 5.71. The zero-order chi connectivity index (χ0) is 20.1. The quantitative estimate of drug-likeness (QED) is 0.646. The molecule has 0 N–H and O–H groups in total. The molecule has 4 nitrogen and oxygen atoms in total. The Kier molecular flexibility index (Phi) is 6.57. The lowest BCUT2D eigenvalue weighted by atomic mass is 9.92. The second-order valence-electron chi connectivity index (χ2n) is 7.02. The Hall–Kier alpha value is -2.53. The van der Waals surface area contributed by atoms with Crippen LogP contribution in [0.15, 0.2) is 60.7 Å². The molecule has 1 fully saturated rings. The van der Waals surface area contributed by atoms with Gasteiger partial charge in [-0.3, -0.25) is 19.4 Å². The van der Waals surface area contributed by atoms with Gasteiger partial charge >= 0.3 is 0 Å². The minimum atomic E-state index is -0.323. The van der Waals surface area contributed by atoms with Crippen molar-refractivity contribution in [3.8, 4) is 0 Å². The number of amides is 2. The molecule has 5 heteroatoms. The lowest BCUT2D eigenvalue weighted by molar-refractivity contribution is -0.129. The molecule has 1 saturated heterocycles. The van der Waals surface area contributed by atoms with Gasteiger partial charge in [-0.2, -0.15) is 0 Å². The van der Waals surface area contributed by atoms with Crippen LogP contribution in [0.5, 0.6) is 0 Å². The first-order valence-electron chi connectivity index (χ1n) is 9.88. The number of benzene rings is 2. The van der Waals surface area contributed by atoms with E-state index < -0.39 is 0 Å². The van der Waals surface area contributed by atoms with Gasteiger partial charge in [-0.15, -0.1) is 0 Å². The fourth-order valence-corrected chi connectivity index (χ4v) is 4.22. The molecule has 146 valence electrons. The molecule has 2 unspecified atom stereocenters. The summed E-state index contributed by atoms with van der Waals surface area (Å²) in [7, 11) is 0. The molecule has 1 aliphatic heterocycles. The van der Waals surface area contributed by atoms with Crippen LogP contribution < -0.4 is 0 Å². The molecule has 2 aromatic rings. The number of hydrogen-bond acceptors (Lipinski definition) is 3. The predicted octanol–water partition coefficient (Wildman–Crippen LogP) is 5.02. The maximum atomic E-state index is 13.0. The molecule has 3 rings (SSSR count). The van der Waals surface area contributed by atoms with Gasteiger partial charge in [0.05, 0.1) is 12.1 Å². The summed E-state index contributed by atoms with van der Waals surface area (Å²) in [5.41, 5.74) is 1.96. The number of carbonyl (C=O) groups excluding carboxylic acids is 2. The summed E-state index contributed by atoms with van der Waals surface area (Å²) in [6.45, 7) is 3.95. The smallest absolute Gasteiger partial charge is 0.229 e. The van der Waals surface area contributed by atoms with Crippen molar-refractivity contribution in [2.75, 3.05) is 0 Å². The summed E-state index contributed by atoms with van der Waals surface area (Å²) in [6.07, 6.45) is 2.28. The molecule has 28 heavy (non-hydrogen) atoms. The Morgan fingerprint density at radius 1 is 0.750 bits per heavy atom. The molecule has 1 aliphatic rings. The number of carbonyl (C=O) groups is 2. The van der Waals surface area contributed by atoms with Crippen LogP contribution in [0.1, 0.15) is 62.7 Å². The van der Waals surface area contributed by atoms with Crippen LogP contribution in [-0.2, 0) is 9.59 Å². The van der Waals surface area contributed by atoms with Gasteiger partial charge in [-0.25, -0.2) is 0 Å². The van der Waals surface area contributed by atoms with Crippen LogP contribution in [-0.4, -0.2) is 26.7 Å². The van der Waals surface area contributed by atoms with E-state index in [1.807, 2.05) is 74.5 Å². The summed E-state index contributed by atoms with van der Waals surface area (Å²) < 4.78 is 0. The van der Waals surface area contributed by atoms with Crippen molar-refractivity contribution in [3.05, 3.63) is 71.8 Å². The minimum absolute atomic E-state index is 0.0333. The normalized spacial score (nSPS) is 19.1. The van der Waals surface area contributed by atoms with Gasteiger partial charge in [0, 0.05) is 12.8 Å². The van der Waals surface area contributed by atoms with Gasteiger partial charge in [0.25, 0.3) is 0 Å². The van der Waals surface area contributed by atoms with Crippen LogP contribution in [0, 0.1) is 0 Å². The van der Waals surface area contributed by atoms with E-state index in [1.165, 1.54) is 0 Å². The van der Waals surface area contributed by atoms with Gasteiger partial charge in [-0.05, 0) is 36.2 Å². The Balaban J connectivity index is 2.16. The monoisotopic (exact) mass is 394 g/mol. The van der Waals surface area contributed by atoms with E-state index in [9.17, 15) is 9.59 Å². The van der Waals surface area contributed by atoms with Gasteiger partial charge < -0.3 is 0 Å². The Morgan fingerprint density at radius 2 is 1.11 bits per heavy atom. The molecule has 0 bridgehead atoms. The van der Waals surface area contributed by atoms with Crippen molar-refractivity contribution in [3.63, 3.8) is 0 Å². The SMILES string of the molecule is CCCC(=O)N1C(=S)N(C(=O)CCC)C(c2ccccc2)C1c1ccccc1. The van der Waals surface area contributed by atoms with Crippen LogP contribution >= 0.6 is 12.2 Å². The first-order chi connectivity index (χ1) is 13.6. The van der Waals surface area contributed by atoms with E-state index in [0.29, 0.717) is 18.0 Å². The van der Waals surface area contributed by atoms with E-state index >= 15 is 0 Å². The Morgan fingerprint density at radius 3 is 1.43 bits per heavy atom. The zero-order valence-corrected chi connectivity index (χ0v) is 17.2. The zero-order valence-electron chi connectivity index (χ0n) is 16.4. The third-order valence-corrected chi connectivity index (χ3v) is 5.41. The van der Waals surface area contributed by atoms with Crippen molar-refractivity contribution in [1.29, 1.82) is 0 Å². The molecule has 0 spiro atoms. The van der Waals surface area contributed by atoms with Crippen LogP contribution in [0.2, 0.25) is 0 Å². The molecule has 0 aromatic heterocycles. The van der Waals surface area contributed by atoms with E-state index in [-0.39, 0.29) is 23.9 Å². The molecule has 2 atom stereocenters. The lowest BCUT2D eigenvalue weighted by Crippen LogP contribution is -2.39. The third kappa shape index (κ3) is 3.85. The molecule has 0 radical (unpaired) electrons. The van der Waals surface area contributed by atoms with E-state index in [1.54, 1.807) is 9.80 Å². The number of hydrogen-bond donors (Lipinski definition) is 0. The highest BCUT2D eigenvalue weighted by atomic mass is 32.1. The Labute approximate surface area is 172 Å². The van der Waals surface area contributed by atoms with Crippen LogP contribution in [0.4, 0.5) is 0 Å². The van der Waals surface area contributed by atoms with E-state index in [4.69, 9.17) is 12.2 Å². The van der Waals surface area contributed by atoms with Gasteiger partial charge in [0.1, 0.15) is 0 Å². The molecule has 0 saturated carbocycles. The summed E-state index contributed by atoms with van der Waals surface area (Å²) in [4.78, 5) is 29.4. The largest absolute Gasteiger partial charge is 0.279 e. The summed E-state index contributed by atoms with van der Waals surface area (Å²) in [5, 5.41) is 0.319. The second-order valence-corrected chi connectivity index (χ2v) is 7.39. The fourth-order valence-electron chi connectivity index (χ4n) is 3.79. The average molecular weight is 395 g/mol. The molecular weight excluding hydrogens is 368 g/mol. The number of nitrogens with zero attached hydrogens (tertiary/aromatic N) is 2. The third-order valence-electron chi connectivity index (χ3n) is 5.01. The first kappa shape index (κ1) is 20.2. The van der Waals surface area contributed by atoms with Crippen LogP contribution in [0.25, 0.3) is 0 Å². The lowest BCUT2D eigenvalue weighted by Gasteiger charge is -2.28. The number of rotatable bonds is 6. The Bertz CT molecular complexity index is 769. The van der Waals surface area contributed by atoms with Crippen molar-refractivity contribution in [2.24, 2.45) is 0 Å². The molecule has 0 aliphatic carbocycles. The maximum absolute atomic E-state index is 13.0. The van der Waals surface area contributed by atoms with Gasteiger partial charge in [0.15, 0.2) is 5.11 Å². The molecular formula is C23H26N2O2S. The molecule has 2 aromatic carbocycles. The average Bonchev–Trinajstić information content (AvgIpc) is 3.03. The highest BCUT2D eigenvalue weighted by Gasteiger charge is 2.49. The predicted molar refractivity (Wildman–Crippen MR) is 114 cm³/mol. The van der Waals surface area contributed by atoms with Gasteiger partial charge in [-0.1, -0.05) is 74.5 Å². The summed E-state index contributed by atoms with van der Waals surface area (Å²) in [6, 6.07) is 19.1. The summed E-state index contributed by atoms with van der Waals surface area (Å²) in [5.74, 6) is -0.0665. The highest BCUT2D eigenvalue weighted by molar-refractivity contribution is 7.80. The number of thiocarbonyl (C=S) groups is 1. The van der Waals surface area contributed by atoms with Crippen molar-refractivity contribution < 1.29 is 9.59 Å². The van der Waals surface area contributed by atoms with Crippen molar-refractivity contribution >= 4 is 29.1 Å². The highest BCUT2D eigenvalue weighted by Crippen LogP contribution is 2.45.